The molecule has 3 aliphatic rings. The Labute approximate surface area is 166 Å². The van der Waals surface area contributed by atoms with Crippen molar-refractivity contribution in [1.82, 2.24) is 0 Å². The molecule has 0 spiro atoms. The molecule has 2 heteroatoms. The normalized spacial score (nSPS) is 35.0. The number of ether oxygens (including phenoxy) is 1. The molecule has 3 rings (SSSR count). The highest BCUT2D eigenvalue weighted by atomic mass is 16.5. The summed E-state index contributed by atoms with van der Waals surface area (Å²) >= 11 is 0. The second kappa shape index (κ2) is 8.66. The smallest absolute Gasteiger partial charge is 0.0613 e. The molecule has 0 radical (unpaired) electrons. The van der Waals surface area contributed by atoms with E-state index in [1.807, 2.05) is 13.8 Å². The molecule has 0 heterocycles. The summed E-state index contributed by atoms with van der Waals surface area (Å²) in [7, 11) is 0. The maximum atomic E-state index is 9.87. The number of hydrogen-bond donors (Lipinski definition) is 1. The SMILES string of the molecule is C=C1CCCC/C1=C/C=C1\CCCC2(C)C(COCCC(C)(C)O)CCC12. The Morgan fingerprint density at radius 2 is 1.93 bits per heavy atom. The monoisotopic (exact) mass is 372 g/mol. The number of rotatable bonds is 6. The lowest BCUT2D eigenvalue weighted by Gasteiger charge is -2.42. The van der Waals surface area contributed by atoms with Gasteiger partial charge in [-0.2, -0.15) is 0 Å². The molecule has 152 valence electrons. The third-order valence-electron chi connectivity index (χ3n) is 7.47. The van der Waals surface area contributed by atoms with Crippen LogP contribution in [0.25, 0.3) is 0 Å². The average molecular weight is 373 g/mol. The Hall–Kier alpha value is -0.860. The Balaban J connectivity index is 1.62. The van der Waals surface area contributed by atoms with Crippen LogP contribution in [0.2, 0.25) is 0 Å². The first-order chi connectivity index (χ1) is 12.8. The number of allylic oxidation sites excluding steroid dienone is 5. The van der Waals surface area contributed by atoms with Gasteiger partial charge in [0.15, 0.2) is 0 Å². The van der Waals surface area contributed by atoms with E-state index in [9.17, 15) is 5.11 Å². The molecular formula is C25H40O2. The van der Waals surface area contributed by atoms with Gasteiger partial charge in [-0.05, 0) is 101 Å². The van der Waals surface area contributed by atoms with Crippen LogP contribution in [0.1, 0.15) is 85.0 Å². The van der Waals surface area contributed by atoms with Gasteiger partial charge >= 0.3 is 0 Å². The lowest BCUT2D eigenvalue weighted by molar-refractivity contribution is -0.000943. The van der Waals surface area contributed by atoms with Crippen molar-refractivity contribution in [3.8, 4) is 0 Å². The number of fused-ring (bicyclic) bond motifs is 1. The minimum atomic E-state index is -0.626. The van der Waals surface area contributed by atoms with Crippen LogP contribution >= 0.6 is 0 Å². The highest BCUT2D eigenvalue weighted by Crippen LogP contribution is 2.57. The molecule has 0 aromatic rings. The van der Waals surface area contributed by atoms with Crippen molar-refractivity contribution < 1.29 is 9.84 Å². The van der Waals surface area contributed by atoms with E-state index in [2.05, 4.69) is 25.7 Å². The zero-order chi connectivity index (χ0) is 19.5. The van der Waals surface area contributed by atoms with E-state index in [1.165, 1.54) is 68.9 Å². The Kier molecular flexibility index (Phi) is 6.69. The summed E-state index contributed by atoms with van der Waals surface area (Å²) in [5, 5.41) is 9.87. The molecule has 0 aliphatic heterocycles. The topological polar surface area (TPSA) is 29.5 Å². The van der Waals surface area contributed by atoms with Gasteiger partial charge in [0.05, 0.1) is 5.60 Å². The van der Waals surface area contributed by atoms with E-state index in [0.29, 0.717) is 24.4 Å². The largest absolute Gasteiger partial charge is 0.390 e. The fourth-order valence-corrected chi connectivity index (χ4v) is 5.57. The molecule has 0 saturated heterocycles. The third-order valence-corrected chi connectivity index (χ3v) is 7.47. The first kappa shape index (κ1) is 20.9. The third kappa shape index (κ3) is 5.15. The van der Waals surface area contributed by atoms with Crippen molar-refractivity contribution in [3.63, 3.8) is 0 Å². The van der Waals surface area contributed by atoms with Crippen LogP contribution in [0.4, 0.5) is 0 Å². The molecule has 3 fully saturated rings. The van der Waals surface area contributed by atoms with Crippen molar-refractivity contribution in [2.24, 2.45) is 17.3 Å². The minimum absolute atomic E-state index is 0.390. The molecule has 27 heavy (non-hydrogen) atoms. The quantitative estimate of drug-likeness (QED) is 0.549. The van der Waals surface area contributed by atoms with Crippen molar-refractivity contribution in [2.45, 2.75) is 90.6 Å². The maximum Gasteiger partial charge on any atom is 0.0613 e. The van der Waals surface area contributed by atoms with Crippen molar-refractivity contribution >= 4 is 0 Å². The minimum Gasteiger partial charge on any atom is -0.390 e. The molecule has 2 nitrogen and oxygen atoms in total. The number of aliphatic hydroxyl groups is 1. The summed E-state index contributed by atoms with van der Waals surface area (Å²) in [6, 6.07) is 0. The van der Waals surface area contributed by atoms with Crippen molar-refractivity contribution in [3.05, 3.63) is 35.5 Å². The predicted octanol–water partition coefficient (Wildman–Crippen LogP) is 6.36. The Morgan fingerprint density at radius 3 is 2.67 bits per heavy atom. The Bertz CT molecular complexity index is 592. The van der Waals surface area contributed by atoms with Gasteiger partial charge in [-0.15, -0.1) is 0 Å². The highest BCUT2D eigenvalue weighted by molar-refractivity contribution is 5.35. The van der Waals surface area contributed by atoms with Gasteiger partial charge in [-0.3, -0.25) is 0 Å². The van der Waals surface area contributed by atoms with E-state index in [4.69, 9.17) is 4.74 Å². The standard InChI is InChI=1S/C25H40O2/c1-19-8-5-6-9-20(19)11-12-21-10-7-15-25(4)22(13-14-23(21)25)18-27-17-16-24(2,3)26/h11-12,22-23,26H,1,5-10,13-18H2,2-4H3/b20-11-,21-12+. The summed E-state index contributed by atoms with van der Waals surface area (Å²) in [5.74, 6) is 1.38. The molecule has 0 aromatic carbocycles. The van der Waals surface area contributed by atoms with Gasteiger partial charge in [0, 0.05) is 13.2 Å². The van der Waals surface area contributed by atoms with E-state index in [-0.39, 0.29) is 0 Å². The average Bonchev–Trinajstić information content (AvgIpc) is 2.94. The van der Waals surface area contributed by atoms with Gasteiger partial charge in [0.2, 0.25) is 0 Å². The molecule has 3 unspecified atom stereocenters. The fraction of sp³-hybridized carbons (Fsp3) is 0.760. The molecule has 3 aliphatic carbocycles. The van der Waals surface area contributed by atoms with Crippen molar-refractivity contribution in [2.75, 3.05) is 13.2 Å². The predicted molar refractivity (Wildman–Crippen MR) is 114 cm³/mol. The van der Waals surface area contributed by atoms with E-state index >= 15 is 0 Å². The van der Waals surface area contributed by atoms with Crippen LogP contribution in [0.5, 0.6) is 0 Å². The first-order valence-corrected chi connectivity index (χ1v) is 11.2. The molecule has 0 amide bonds. The van der Waals surface area contributed by atoms with Gasteiger partial charge in [0.1, 0.15) is 0 Å². The Morgan fingerprint density at radius 1 is 1.15 bits per heavy atom. The zero-order valence-electron chi connectivity index (χ0n) is 17.9. The van der Waals surface area contributed by atoms with E-state index < -0.39 is 5.60 Å². The van der Waals surface area contributed by atoms with Crippen LogP contribution in [0.3, 0.4) is 0 Å². The first-order valence-electron chi connectivity index (χ1n) is 11.2. The molecule has 0 bridgehead atoms. The molecule has 3 atom stereocenters. The lowest BCUT2D eigenvalue weighted by Crippen LogP contribution is -2.35. The number of hydrogen-bond acceptors (Lipinski definition) is 2. The molecule has 0 aromatic heterocycles. The maximum absolute atomic E-state index is 9.87. The highest BCUT2D eigenvalue weighted by Gasteiger charge is 2.49. The van der Waals surface area contributed by atoms with Crippen LogP contribution in [-0.4, -0.2) is 23.9 Å². The molecule has 1 N–H and O–H groups in total. The summed E-state index contributed by atoms with van der Waals surface area (Å²) in [5.41, 5.74) is 4.29. The second-order valence-electron chi connectivity index (χ2n) is 10.1. The van der Waals surface area contributed by atoms with Crippen LogP contribution < -0.4 is 0 Å². The molecular weight excluding hydrogens is 332 g/mol. The summed E-state index contributed by atoms with van der Waals surface area (Å²) < 4.78 is 6.01. The van der Waals surface area contributed by atoms with Crippen LogP contribution in [0, 0.1) is 17.3 Å². The van der Waals surface area contributed by atoms with Crippen LogP contribution in [-0.2, 0) is 4.74 Å². The van der Waals surface area contributed by atoms with Crippen LogP contribution in [0.15, 0.2) is 35.5 Å². The van der Waals surface area contributed by atoms with Gasteiger partial charge in [0.25, 0.3) is 0 Å². The van der Waals surface area contributed by atoms with Gasteiger partial charge in [-0.25, -0.2) is 0 Å². The summed E-state index contributed by atoms with van der Waals surface area (Å²) in [6.07, 6.45) is 17.1. The summed E-state index contributed by atoms with van der Waals surface area (Å²) in [4.78, 5) is 0. The van der Waals surface area contributed by atoms with Crippen molar-refractivity contribution in [1.29, 1.82) is 0 Å². The van der Waals surface area contributed by atoms with E-state index in [0.717, 1.165) is 12.5 Å². The second-order valence-corrected chi connectivity index (χ2v) is 10.1. The van der Waals surface area contributed by atoms with Gasteiger partial charge in [-0.1, -0.05) is 36.8 Å². The fourth-order valence-electron chi connectivity index (χ4n) is 5.57. The van der Waals surface area contributed by atoms with E-state index in [1.54, 1.807) is 5.57 Å². The van der Waals surface area contributed by atoms with Gasteiger partial charge < -0.3 is 9.84 Å². The lowest BCUT2D eigenvalue weighted by atomic mass is 9.63. The molecule has 3 saturated carbocycles. The zero-order valence-corrected chi connectivity index (χ0v) is 17.9. The summed E-state index contributed by atoms with van der Waals surface area (Å²) in [6.45, 7) is 12.0.